The van der Waals surface area contributed by atoms with Gasteiger partial charge in [-0.2, -0.15) is 0 Å². The van der Waals surface area contributed by atoms with Crippen LogP contribution in [-0.4, -0.2) is 47.7 Å². The van der Waals surface area contributed by atoms with Gasteiger partial charge in [-0.25, -0.2) is 14.4 Å². The second kappa shape index (κ2) is 7.76. The summed E-state index contributed by atoms with van der Waals surface area (Å²) >= 11 is 0. The van der Waals surface area contributed by atoms with Crippen LogP contribution in [0.1, 0.15) is 11.6 Å². The Kier molecular flexibility index (Phi) is 5.04. The molecule has 1 saturated heterocycles. The van der Waals surface area contributed by atoms with Crippen molar-refractivity contribution < 1.29 is 9.13 Å². The van der Waals surface area contributed by atoms with Crippen LogP contribution in [0.2, 0.25) is 0 Å². The topological polar surface area (TPSA) is 50.3 Å². The lowest BCUT2D eigenvalue weighted by Crippen LogP contribution is -2.41. The van der Waals surface area contributed by atoms with Crippen LogP contribution in [0.4, 0.5) is 10.2 Å². The minimum atomic E-state index is -0.333. The molecule has 1 aliphatic rings. The summed E-state index contributed by atoms with van der Waals surface area (Å²) in [5.74, 6) is 0.324. The maximum Gasteiger partial charge on any atom is 0.149 e. The molecule has 6 heteroatoms. The molecule has 2 aromatic carbocycles. The van der Waals surface area contributed by atoms with Gasteiger partial charge in [-0.3, -0.25) is 4.90 Å². The lowest BCUT2D eigenvalue weighted by atomic mass is 10.0. The zero-order valence-corrected chi connectivity index (χ0v) is 14.4. The summed E-state index contributed by atoms with van der Waals surface area (Å²) in [4.78, 5) is 10.8. The van der Waals surface area contributed by atoms with Crippen LogP contribution >= 0.6 is 0 Å². The van der Waals surface area contributed by atoms with Crippen molar-refractivity contribution in [3.8, 4) is 0 Å². The third-order valence-electron chi connectivity index (χ3n) is 4.75. The Labute approximate surface area is 151 Å². The van der Waals surface area contributed by atoms with Gasteiger partial charge in [-0.15, -0.1) is 0 Å². The second-order valence-electron chi connectivity index (χ2n) is 6.31. The van der Waals surface area contributed by atoms with Crippen LogP contribution in [0.15, 0.2) is 54.9 Å². The lowest BCUT2D eigenvalue weighted by Gasteiger charge is -2.35. The minimum absolute atomic E-state index is 0.193. The molecular weight excluding hydrogens is 331 g/mol. The number of nitrogens with zero attached hydrogens (tertiary/aromatic N) is 3. The number of hydrogen-bond donors (Lipinski definition) is 1. The van der Waals surface area contributed by atoms with Crippen LogP contribution in [-0.2, 0) is 4.74 Å². The summed E-state index contributed by atoms with van der Waals surface area (Å²) in [6, 6.07) is 15.5. The number of rotatable bonds is 5. The minimum Gasteiger partial charge on any atom is -0.379 e. The van der Waals surface area contributed by atoms with E-state index in [0.29, 0.717) is 23.3 Å². The Hall–Kier alpha value is -2.57. The van der Waals surface area contributed by atoms with E-state index in [1.54, 1.807) is 6.07 Å². The summed E-state index contributed by atoms with van der Waals surface area (Å²) in [7, 11) is 0. The summed E-state index contributed by atoms with van der Waals surface area (Å²) < 4.78 is 19.5. The molecule has 134 valence electrons. The van der Waals surface area contributed by atoms with Gasteiger partial charge in [-0.05, 0) is 17.7 Å². The van der Waals surface area contributed by atoms with Gasteiger partial charge < -0.3 is 10.1 Å². The molecule has 26 heavy (non-hydrogen) atoms. The smallest absolute Gasteiger partial charge is 0.149 e. The van der Waals surface area contributed by atoms with Gasteiger partial charge >= 0.3 is 0 Å². The van der Waals surface area contributed by atoms with Crippen molar-refractivity contribution in [2.75, 3.05) is 38.2 Å². The highest BCUT2D eigenvalue weighted by atomic mass is 19.1. The Balaban J connectivity index is 1.60. The van der Waals surface area contributed by atoms with Crippen LogP contribution in [0.3, 0.4) is 0 Å². The van der Waals surface area contributed by atoms with E-state index in [9.17, 15) is 4.39 Å². The van der Waals surface area contributed by atoms with Crippen molar-refractivity contribution in [2.24, 2.45) is 0 Å². The Morgan fingerprint density at radius 3 is 2.65 bits per heavy atom. The third kappa shape index (κ3) is 3.52. The van der Waals surface area contributed by atoms with Crippen molar-refractivity contribution in [1.29, 1.82) is 0 Å². The molecule has 1 atom stereocenters. The zero-order valence-electron chi connectivity index (χ0n) is 14.4. The fraction of sp³-hybridized carbons (Fsp3) is 0.300. The van der Waals surface area contributed by atoms with Crippen molar-refractivity contribution in [3.63, 3.8) is 0 Å². The molecule has 1 N–H and O–H groups in total. The molecule has 1 aliphatic heterocycles. The number of morpholine rings is 1. The first-order chi connectivity index (χ1) is 12.8. The number of fused-ring (bicyclic) bond motifs is 1. The van der Waals surface area contributed by atoms with Gasteiger partial charge in [-0.1, -0.05) is 36.4 Å². The maximum atomic E-state index is 14.0. The average Bonchev–Trinajstić information content (AvgIpc) is 2.70. The fourth-order valence-corrected chi connectivity index (χ4v) is 3.41. The maximum absolute atomic E-state index is 14.0. The summed E-state index contributed by atoms with van der Waals surface area (Å²) in [6.45, 7) is 3.93. The van der Waals surface area contributed by atoms with Gasteiger partial charge in [0.05, 0.1) is 19.3 Å². The largest absolute Gasteiger partial charge is 0.379 e. The van der Waals surface area contributed by atoms with E-state index in [-0.39, 0.29) is 11.9 Å². The Bertz CT molecular complexity index is 868. The SMILES string of the molecule is Fc1cccc2c(NCC(c3ccccc3)N3CCOCC3)ncnc12. The first kappa shape index (κ1) is 16.9. The molecule has 0 bridgehead atoms. The zero-order chi connectivity index (χ0) is 17.8. The highest BCUT2D eigenvalue weighted by Gasteiger charge is 2.22. The summed E-state index contributed by atoms with van der Waals surface area (Å²) in [5.41, 5.74) is 1.58. The monoisotopic (exact) mass is 352 g/mol. The molecule has 0 saturated carbocycles. The molecular formula is C20H21FN4O. The van der Waals surface area contributed by atoms with E-state index < -0.39 is 0 Å². The number of nitrogens with one attached hydrogen (secondary N) is 1. The van der Waals surface area contributed by atoms with Gasteiger partial charge in [0, 0.05) is 25.0 Å². The van der Waals surface area contributed by atoms with E-state index in [4.69, 9.17) is 4.74 Å². The number of anilines is 1. The quantitative estimate of drug-likeness (QED) is 0.764. The predicted octanol–water partition coefficient (Wildman–Crippen LogP) is 3.25. The third-order valence-corrected chi connectivity index (χ3v) is 4.75. The molecule has 1 aromatic heterocycles. The van der Waals surface area contributed by atoms with Crippen LogP contribution in [0.25, 0.3) is 10.9 Å². The van der Waals surface area contributed by atoms with Crippen LogP contribution < -0.4 is 5.32 Å². The number of ether oxygens (including phenoxy) is 1. The molecule has 3 aromatic rings. The van der Waals surface area contributed by atoms with E-state index in [1.807, 2.05) is 12.1 Å². The number of halogens is 1. The first-order valence-electron chi connectivity index (χ1n) is 8.83. The van der Waals surface area contributed by atoms with Gasteiger partial charge in [0.25, 0.3) is 0 Å². The number of aromatic nitrogens is 2. The van der Waals surface area contributed by atoms with Gasteiger partial charge in [0.1, 0.15) is 23.5 Å². The first-order valence-corrected chi connectivity index (χ1v) is 8.83. The average molecular weight is 352 g/mol. The van der Waals surface area contributed by atoms with E-state index in [1.165, 1.54) is 18.0 Å². The van der Waals surface area contributed by atoms with Crippen molar-refractivity contribution in [2.45, 2.75) is 6.04 Å². The second-order valence-corrected chi connectivity index (χ2v) is 6.31. The van der Waals surface area contributed by atoms with E-state index in [2.05, 4.69) is 44.5 Å². The molecule has 1 fully saturated rings. The number of benzene rings is 2. The predicted molar refractivity (Wildman–Crippen MR) is 99.6 cm³/mol. The molecule has 4 rings (SSSR count). The lowest BCUT2D eigenvalue weighted by molar-refractivity contribution is 0.0187. The summed E-state index contributed by atoms with van der Waals surface area (Å²) in [5, 5.41) is 4.11. The molecule has 0 aliphatic carbocycles. The number of hydrogen-bond acceptors (Lipinski definition) is 5. The van der Waals surface area contributed by atoms with Crippen molar-refractivity contribution >= 4 is 16.7 Å². The van der Waals surface area contributed by atoms with E-state index >= 15 is 0 Å². The highest BCUT2D eigenvalue weighted by Crippen LogP contribution is 2.25. The number of para-hydroxylation sites is 1. The van der Waals surface area contributed by atoms with Crippen molar-refractivity contribution in [3.05, 3.63) is 66.2 Å². The molecule has 0 amide bonds. The van der Waals surface area contributed by atoms with Crippen LogP contribution in [0, 0.1) is 5.82 Å². The van der Waals surface area contributed by atoms with E-state index in [0.717, 1.165) is 26.3 Å². The summed E-state index contributed by atoms with van der Waals surface area (Å²) in [6.07, 6.45) is 1.40. The highest BCUT2D eigenvalue weighted by molar-refractivity contribution is 5.89. The normalized spacial score (nSPS) is 16.5. The Morgan fingerprint density at radius 2 is 1.85 bits per heavy atom. The molecule has 2 heterocycles. The molecule has 5 nitrogen and oxygen atoms in total. The Morgan fingerprint density at radius 1 is 1.04 bits per heavy atom. The van der Waals surface area contributed by atoms with Crippen LogP contribution in [0.5, 0.6) is 0 Å². The molecule has 0 spiro atoms. The molecule has 0 radical (unpaired) electrons. The molecule has 1 unspecified atom stereocenters. The standard InChI is InChI=1S/C20H21FN4O/c21-17-8-4-7-16-19(17)23-14-24-20(16)22-13-18(15-5-2-1-3-6-15)25-9-11-26-12-10-25/h1-8,14,18H,9-13H2,(H,22,23,24). The van der Waals surface area contributed by atoms with Gasteiger partial charge in [0.15, 0.2) is 0 Å². The fourth-order valence-electron chi connectivity index (χ4n) is 3.41. The van der Waals surface area contributed by atoms with Crippen molar-refractivity contribution in [1.82, 2.24) is 14.9 Å². The van der Waals surface area contributed by atoms with Gasteiger partial charge in [0.2, 0.25) is 0 Å².